The van der Waals surface area contributed by atoms with E-state index < -0.39 is 5.97 Å². The van der Waals surface area contributed by atoms with Gasteiger partial charge in [-0.2, -0.15) is 0 Å². The van der Waals surface area contributed by atoms with E-state index in [0.717, 1.165) is 19.3 Å². The van der Waals surface area contributed by atoms with E-state index in [4.69, 9.17) is 5.11 Å². The molecule has 0 atom stereocenters. The van der Waals surface area contributed by atoms with E-state index >= 15 is 0 Å². The predicted molar refractivity (Wildman–Crippen MR) is 49.5 cm³/mol. The number of aliphatic carboxylic acids is 1. The summed E-state index contributed by atoms with van der Waals surface area (Å²) in [5.74, 6) is -0.865. The molecule has 0 fully saturated rings. The van der Waals surface area contributed by atoms with Crippen LogP contribution in [0.5, 0.6) is 0 Å². The Morgan fingerprint density at radius 2 is 2.00 bits per heavy atom. The Labute approximate surface area is 97.7 Å². The van der Waals surface area contributed by atoms with Crippen LogP contribution in [0.2, 0.25) is 0 Å². The van der Waals surface area contributed by atoms with Crippen molar-refractivity contribution in [3.8, 4) is 0 Å². The molecule has 0 aromatic heterocycles. The molecule has 0 aliphatic carbocycles. The molecule has 0 aromatic carbocycles. The normalized spacial score (nSPS) is 8.45. The van der Waals surface area contributed by atoms with Gasteiger partial charge in [0.25, 0.3) is 0 Å². The standard InChI is InChI=1S/C8H14O2.Ca.2H/c1-3-4-5-6-7(2)8(9)10;;;/h2-6H2,1H3,(H,9,10);;;. The van der Waals surface area contributed by atoms with Crippen LogP contribution in [0.3, 0.4) is 0 Å². The van der Waals surface area contributed by atoms with E-state index in [1.54, 1.807) is 0 Å². The Bertz CT molecular complexity index is 132. The molecule has 0 saturated heterocycles. The van der Waals surface area contributed by atoms with Crippen LogP contribution in [-0.4, -0.2) is 48.8 Å². The van der Waals surface area contributed by atoms with Crippen molar-refractivity contribution in [3.63, 3.8) is 0 Å². The topological polar surface area (TPSA) is 37.3 Å². The number of hydrogen-bond acceptors (Lipinski definition) is 1. The summed E-state index contributed by atoms with van der Waals surface area (Å²) in [5.41, 5.74) is 0.327. The number of hydrogen-bond donors (Lipinski definition) is 1. The van der Waals surface area contributed by atoms with Crippen LogP contribution >= 0.6 is 0 Å². The SMILES string of the molecule is C=C(CCCCC)C(=O)O.[CaH2]. The van der Waals surface area contributed by atoms with Crippen LogP contribution in [0.1, 0.15) is 32.6 Å². The molecular weight excluding hydrogens is 168 g/mol. The van der Waals surface area contributed by atoms with Crippen molar-refractivity contribution >= 4 is 43.7 Å². The van der Waals surface area contributed by atoms with Crippen LogP contribution < -0.4 is 0 Å². The third-order valence-electron chi connectivity index (χ3n) is 1.38. The maximum atomic E-state index is 10.2. The molecule has 2 nitrogen and oxygen atoms in total. The van der Waals surface area contributed by atoms with Gasteiger partial charge in [-0.05, 0) is 12.8 Å². The van der Waals surface area contributed by atoms with Gasteiger partial charge in [-0.3, -0.25) is 0 Å². The number of unbranched alkanes of at least 4 members (excludes halogenated alkanes) is 2. The Balaban J connectivity index is 0. The van der Waals surface area contributed by atoms with Gasteiger partial charge in [-0.25, -0.2) is 4.79 Å². The van der Waals surface area contributed by atoms with Gasteiger partial charge in [0.1, 0.15) is 0 Å². The van der Waals surface area contributed by atoms with E-state index in [9.17, 15) is 4.79 Å². The summed E-state index contributed by atoms with van der Waals surface area (Å²) >= 11 is 0. The quantitative estimate of drug-likeness (QED) is 0.397. The zero-order valence-electron chi connectivity index (χ0n) is 6.39. The first-order chi connectivity index (χ1) is 4.68. The molecule has 11 heavy (non-hydrogen) atoms. The van der Waals surface area contributed by atoms with Gasteiger partial charge in [0.2, 0.25) is 0 Å². The van der Waals surface area contributed by atoms with Crippen LogP contribution in [0.4, 0.5) is 0 Å². The summed E-state index contributed by atoms with van der Waals surface area (Å²) in [5, 5.41) is 8.38. The van der Waals surface area contributed by atoms with Gasteiger partial charge in [-0.15, -0.1) is 0 Å². The number of rotatable bonds is 5. The fraction of sp³-hybridized carbons (Fsp3) is 0.625. The van der Waals surface area contributed by atoms with Crippen molar-refractivity contribution in [2.24, 2.45) is 0 Å². The third-order valence-corrected chi connectivity index (χ3v) is 1.38. The van der Waals surface area contributed by atoms with Crippen molar-refractivity contribution < 1.29 is 9.90 Å². The molecule has 0 unspecified atom stereocenters. The van der Waals surface area contributed by atoms with E-state index in [0.29, 0.717) is 12.0 Å². The van der Waals surface area contributed by atoms with E-state index in [-0.39, 0.29) is 37.7 Å². The molecule has 62 valence electrons. The van der Waals surface area contributed by atoms with Gasteiger partial charge in [-0.1, -0.05) is 26.3 Å². The average Bonchev–Trinajstić information content (AvgIpc) is 1.88. The first-order valence-corrected chi connectivity index (χ1v) is 3.59. The molecule has 1 N–H and O–H groups in total. The minimum absolute atomic E-state index is 0. The van der Waals surface area contributed by atoms with E-state index in [2.05, 4.69) is 13.5 Å². The Hall–Kier alpha value is 0.470. The Morgan fingerprint density at radius 1 is 1.45 bits per heavy atom. The molecular formula is C8H16CaO2. The molecule has 0 aliphatic rings. The molecule has 0 heterocycles. The van der Waals surface area contributed by atoms with E-state index in [1.807, 2.05) is 0 Å². The fourth-order valence-electron chi connectivity index (χ4n) is 0.695. The van der Waals surface area contributed by atoms with Gasteiger partial charge < -0.3 is 5.11 Å². The Morgan fingerprint density at radius 3 is 2.36 bits per heavy atom. The monoisotopic (exact) mass is 184 g/mol. The van der Waals surface area contributed by atoms with Crippen LogP contribution in [0.25, 0.3) is 0 Å². The first kappa shape index (κ1) is 14.0. The second-order valence-corrected chi connectivity index (χ2v) is 2.37. The average molecular weight is 184 g/mol. The summed E-state index contributed by atoms with van der Waals surface area (Å²) in [6.07, 6.45) is 3.78. The number of carboxylic acid groups (broad SMARTS) is 1. The predicted octanol–water partition coefficient (Wildman–Crippen LogP) is 1.29. The molecule has 0 radical (unpaired) electrons. The minimum atomic E-state index is -0.865. The molecule has 0 aliphatic heterocycles. The van der Waals surface area contributed by atoms with Crippen molar-refractivity contribution in [1.29, 1.82) is 0 Å². The van der Waals surface area contributed by atoms with Gasteiger partial charge >= 0.3 is 43.7 Å². The summed E-state index contributed by atoms with van der Waals surface area (Å²) in [6, 6.07) is 0. The summed E-state index contributed by atoms with van der Waals surface area (Å²) in [6.45, 7) is 5.51. The second kappa shape index (κ2) is 8.57. The first-order valence-electron chi connectivity index (χ1n) is 3.59. The Kier molecular flexibility index (Phi) is 10.9. The molecule has 0 saturated carbocycles. The van der Waals surface area contributed by atoms with Crippen LogP contribution in [-0.2, 0) is 4.79 Å². The summed E-state index contributed by atoms with van der Waals surface area (Å²) < 4.78 is 0. The van der Waals surface area contributed by atoms with Gasteiger partial charge in [0.05, 0.1) is 0 Å². The molecule has 0 aromatic rings. The van der Waals surface area contributed by atoms with Gasteiger partial charge in [0.15, 0.2) is 0 Å². The van der Waals surface area contributed by atoms with Crippen molar-refractivity contribution in [2.45, 2.75) is 32.6 Å². The van der Waals surface area contributed by atoms with Gasteiger partial charge in [0, 0.05) is 5.57 Å². The van der Waals surface area contributed by atoms with Crippen LogP contribution in [0.15, 0.2) is 12.2 Å². The summed E-state index contributed by atoms with van der Waals surface area (Å²) in [4.78, 5) is 10.2. The van der Waals surface area contributed by atoms with Crippen molar-refractivity contribution in [3.05, 3.63) is 12.2 Å². The summed E-state index contributed by atoms with van der Waals surface area (Å²) in [7, 11) is 0. The number of carbonyl (C=O) groups is 1. The third kappa shape index (κ3) is 8.38. The molecule has 0 bridgehead atoms. The molecule has 0 amide bonds. The second-order valence-electron chi connectivity index (χ2n) is 2.37. The molecule has 0 spiro atoms. The molecule has 0 rings (SSSR count). The van der Waals surface area contributed by atoms with Crippen LogP contribution in [0, 0.1) is 0 Å². The van der Waals surface area contributed by atoms with E-state index in [1.165, 1.54) is 0 Å². The maximum absolute atomic E-state index is 10.2. The van der Waals surface area contributed by atoms with Crippen molar-refractivity contribution in [1.82, 2.24) is 0 Å². The van der Waals surface area contributed by atoms with Crippen molar-refractivity contribution in [2.75, 3.05) is 0 Å². The zero-order valence-corrected chi connectivity index (χ0v) is 6.39. The zero-order chi connectivity index (χ0) is 7.98. The fourth-order valence-corrected chi connectivity index (χ4v) is 0.695. The number of carboxylic acids is 1. The molecule has 3 heteroatoms.